The Morgan fingerprint density at radius 1 is 0.935 bits per heavy atom. The molecule has 4 fully saturated rings. The third-order valence-corrected chi connectivity index (χ3v) is 11.9. The SMILES string of the molecule is CCC(=O)O[C@H]1CC[C@]2(C)[C@H]3CC[C@@H]4C(C)[C-](C)CC[C@@]4(C)[C@]3(C)CC[C@H]2C1(C)C.[W]. The molecule has 4 aliphatic carbocycles. The fourth-order valence-electron chi connectivity index (χ4n) is 9.70. The molecule has 178 valence electrons. The Hall–Kier alpha value is 0.158. The van der Waals surface area contributed by atoms with Gasteiger partial charge in [0.2, 0.25) is 0 Å². The zero-order valence-corrected chi connectivity index (χ0v) is 24.4. The standard InChI is InChI=1S/C28H47O2.W/c1-9-24(29)30-23-14-15-26(6)21(25(23,4)5)13-17-28(8)22(26)11-10-20-19(3)18(2)12-16-27(20,28)7;/h19-23H,9-17H2,1-8H3;/q-1;/t19?,20-,21+,22-,23+,26+,27-,28-;/m1./s1. The molecule has 1 unspecified atom stereocenters. The van der Waals surface area contributed by atoms with Gasteiger partial charge in [0.1, 0.15) is 6.10 Å². The summed E-state index contributed by atoms with van der Waals surface area (Å²) in [5, 5.41) is 0. The number of ether oxygens (including phenoxy) is 1. The quantitative estimate of drug-likeness (QED) is 0.241. The van der Waals surface area contributed by atoms with Crippen molar-refractivity contribution in [2.24, 2.45) is 45.3 Å². The van der Waals surface area contributed by atoms with Crippen LogP contribution in [0, 0.1) is 51.2 Å². The van der Waals surface area contributed by atoms with Crippen molar-refractivity contribution >= 4 is 5.97 Å². The van der Waals surface area contributed by atoms with Crippen LogP contribution in [0.3, 0.4) is 0 Å². The van der Waals surface area contributed by atoms with Gasteiger partial charge in [-0.15, -0.1) is 0 Å². The molecule has 31 heavy (non-hydrogen) atoms. The van der Waals surface area contributed by atoms with Gasteiger partial charge in [0, 0.05) is 32.9 Å². The maximum absolute atomic E-state index is 12.1. The Morgan fingerprint density at radius 2 is 1.61 bits per heavy atom. The van der Waals surface area contributed by atoms with Gasteiger partial charge < -0.3 is 10.7 Å². The second-order valence-electron chi connectivity index (χ2n) is 13.0. The minimum atomic E-state index is -0.0202. The summed E-state index contributed by atoms with van der Waals surface area (Å²) in [4.78, 5) is 12.1. The Labute approximate surface area is 206 Å². The molecule has 0 spiro atoms. The summed E-state index contributed by atoms with van der Waals surface area (Å²) in [6.07, 6.45) is 11.0. The molecular formula is C28H47O2W-. The van der Waals surface area contributed by atoms with Crippen LogP contribution in [0.25, 0.3) is 0 Å². The van der Waals surface area contributed by atoms with Crippen LogP contribution in [-0.4, -0.2) is 12.1 Å². The van der Waals surface area contributed by atoms with E-state index in [0.29, 0.717) is 28.6 Å². The Balaban J connectivity index is 0.00000272. The van der Waals surface area contributed by atoms with Crippen LogP contribution in [-0.2, 0) is 30.6 Å². The summed E-state index contributed by atoms with van der Waals surface area (Å²) < 4.78 is 6.00. The molecule has 8 atom stereocenters. The number of carbonyl (C=O) groups is 1. The van der Waals surface area contributed by atoms with Crippen LogP contribution >= 0.6 is 0 Å². The molecule has 2 nitrogen and oxygen atoms in total. The normalized spacial score (nSPS) is 49.1. The van der Waals surface area contributed by atoms with Gasteiger partial charge in [-0.25, -0.2) is 0 Å². The molecule has 4 saturated carbocycles. The first-order chi connectivity index (χ1) is 13.9. The first kappa shape index (κ1) is 25.8. The molecule has 0 bridgehead atoms. The van der Waals surface area contributed by atoms with Crippen LogP contribution in [0.5, 0.6) is 0 Å². The van der Waals surface area contributed by atoms with E-state index in [1.807, 2.05) is 6.92 Å². The summed E-state index contributed by atoms with van der Waals surface area (Å²) in [6.45, 7) is 19.7. The second-order valence-corrected chi connectivity index (χ2v) is 13.0. The van der Waals surface area contributed by atoms with E-state index < -0.39 is 0 Å². The summed E-state index contributed by atoms with van der Waals surface area (Å²) in [5.41, 5.74) is 1.36. The summed E-state index contributed by atoms with van der Waals surface area (Å²) in [7, 11) is 0. The minimum Gasteiger partial charge on any atom is -0.462 e. The molecule has 0 aromatic rings. The molecule has 0 radical (unpaired) electrons. The largest absolute Gasteiger partial charge is 0.462 e. The molecule has 0 heterocycles. The van der Waals surface area contributed by atoms with Gasteiger partial charge in [-0.2, -0.15) is 19.3 Å². The van der Waals surface area contributed by atoms with Crippen molar-refractivity contribution in [2.45, 2.75) is 119 Å². The fourth-order valence-corrected chi connectivity index (χ4v) is 9.70. The summed E-state index contributed by atoms with van der Waals surface area (Å²) >= 11 is 0. The van der Waals surface area contributed by atoms with Crippen LogP contribution in [0.1, 0.15) is 113 Å². The van der Waals surface area contributed by atoms with Gasteiger partial charge in [-0.1, -0.05) is 67.2 Å². The fraction of sp³-hybridized carbons (Fsp3) is 0.929. The Bertz CT molecular complexity index is 688. The summed E-state index contributed by atoms with van der Waals surface area (Å²) in [6, 6.07) is 0. The van der Waals surface area contributed by atoms with Crippen molar-refractivity contribution in [3.8, 4) is 0 Å². The van der Waals surface area contributed by atoms with Crippen molar-refractivity contribution in [3.63, 3.8) is 0 Å². The van der Waals surface area contributed by atoms with Gasteiger partial charge in [-0.05, 0) is 60.2 Å². The summed E-state index contributed by atoms with van der Waals surface area (Å²) in [5.74, 6) is 4.83. The van der Waals surface area contributed by atoms with Gasteiger partial charge >= 0.3 is 5.97 Å². The van der Waals surface area contributed by atoms with Crippen molar-refractivity contribution in [2.75, 3.05) is 0 Å². The monoisotopic (exact) mass is 599 g/mol. The molecule has 4 aliphatic rings. The van der Waals surface area contributed by atoms with Crippen LogP contribution < -0.4 is 0 Å². The topological polar surface area (TPSA) is 26.3 Å². The molecule has 0 aliphatic heterocycles. The van der Waals surface area contributed by atoms with E-state index in [4.69, 9.17) is 4.74 Å². The maximum atomic E-state index is 12.1. The predicted octanol–water partition coefficient (Wildman–Crippen LogP) is 7.61. The number of rotatable bonds is 2. The van der Waals surface area contributed by atoms with E-state index in [-0.39, 0.29) is 38.6 Å². The van der Waals surface area contributed by atoms with Gasteiger partial charge in [0.15, 0.2) is 0 Å². The maximum Gasteiger partial charge on any atom is 0.305 e. The van der Waals surface area contributed by atoms with Gasteiger partial charge in [0.25, 0.3) is 0 Å². The number of hydrogen-bond acceptors (Lipinski definition) is 2. The van der Waals surface area contributed by atoms with E-state index >= 15 is 0 Å². The zero-order valence-electron chi connectivity index (χ0n) is 21.5. The number of esters is 1. The van der Waals surface area contributed by atoms with Crippen molar-refractivity contribution in [3.05, 3.63) is 5.92 Å². The third kappa shape index (κ3) is 3.54. The van der Waals surface area contributed by atoms with Crippen LogP contribution in [0.2, 0.25) is 0 Å². The van der Waals surface area contributed by atoms with Crippen molar-refractivity contribution in [1.29, 1.82) is 0 Å². The average molecular weight is 600 g/mol. The first-order valence-corrected chi connectivity index (χ1v) is 12.9. The van der Waals surface area contributed by atoms with Gasteiger partial charge in [-0.3, -0.25) is 4.79 Å². The molecule has 0 aromatic carbocycles. The van der Waals surface area contributed by atoms with Crippen molar-refractivity contribution < 1.29 is 30.6 Å². The van der Waals surface area contributed by atoms with Gasteiger partial charge in [0.05, 0.1) is 0 Å². The molecular weight excluding hydrogens is 552 g/mol. The van der Waals surface area contributed by atoms with E-state index in [9.17, 15) is 4.79 Å². The number of carbonyl (C=O) groups excluding carboxylic acids is 1. The molecule has 0 amide bonds. The predicted molar refractivity (Wildman–Crippen MR) is 124 cm³/mol. The van der Waals surface area contributed by atoms with Crippen LogP contribution in [0.4, 0.5) is 0 Å². The van der Waals surface area contributed by atoms with Crippen molar-refractivity contribution in [1.82, 2.24) is 0 Å². The third-order valence-electron chi connectivity index (χ3n) is 11.9. The van der Waals surface area contributed by atoms with E-state index in [1.165, 1.54) is 44.9 Å². The molecule has 0 aromatic heterocycles. The van der Waals surface area contributed by atoms with E-state index in [1.54, 1.807) is 5.92 Å². The molecule has 4 rings (SSSR count). The second kappa shape index (κ2) is 8.43. The Morgan fingerprint density at radius 3 is 2.26 bits per heavy atom. The first-order valence-electron chi connectivity index (χ1n) is 12.9. The molecule has 3 heteroatoms. The van der Waals surface area contributed by atoms with E-state index in [0.717, 1.165) is 24.2 Å². The minimum absolute atomic E-state index is 0. The number of fused-ring (bicyclic) bond motifs is 5. The van der Waals surface area contributed by atoms with E-state index in [2.05, 4.69) is 48.5 Å². The van der Waals surface area contributed by atoms with Crippen LogP contribution in [0.15, 0.2) is 0 Å². The zero-order chi connectivity index (χ0) is 22.1. The smallest absolute Gasteiger partial charge is 0.305 e. The number of hydrogen-bond donors (Lipinski definition) is 0. The molecule has 0 N–H and O–H groups in total. The Kier molecular flexibility index (Phi) is 7.01. The molecule has 0 saturated heterocycles. The average Bonchev–Trinajstić information content (AvgIpc) is 2.68.